The van der Waals surface area contributed by atoms with Crippen molar-refractivity contribution in [2.45, 2.75) is 13.0 Å². The highest BCUT2D eigenvalue weighted by molar-refractivity contribution is 7.14. The quantitative estimate of drug-likeness (QED) is 0.510. The van der Waals surface area contributed by atoms with Gasteiger partial charge in [0.05, 0.1) is 16.6 Å². The number of aromatic amines is 1. The van der Waals surface area contributed by atoms with Crippen LogP contribution in [0, 0.1) is 0 Å². The van der Waals surface area contributed by atoms with Crippen molar-refractivity contribution in [3.05, 3.63) is 79.8 Å². The molecular formula is C20H15ClN4O3S. The Labute approximate surface area is 173 Å². The van der Waals surface area contributed by atoms with Crippen LogP contribution in [0.25, 0.3) is 22.2 Å². The van der Waals surface area contributed by atoms with E-state index < -0.39 is 11.2 Å². The number of hydrogen-bond donors (Lipinski definition) is 2. The lowest BCUT2D eigenvalue weighted by molar-refractivity contribution is -0.116. The molecule has 0 bridgehead atoms. The summed E-state index contributed by atoms with van der Waals surface area (Å²) in [5, 5.41) is 5.99. The van der Waals surface area contributed by atoms with Crippen LogP contribution in [0.4, 0.5) is 5.13 Å². The number of H-pyrrole nitrogens is 1. The van der Waals surface area contributed by atoms with Gasteiger partial charge in [0.15, 0.2) is 5.13 Å². The van der Waals surface area contributed by atoms with Crippen LogP contribution in [0.3, 0.4) is 0 Å². The average Bonchev–Trinajstić information content (AvgIpc) is 3.16. The van der Waals surface area contributed by atoms with Crippen molar-refractivity contribution in [1.82, 2.24) is 14.5 Å². The Morgan fingerprint density at radius 2 is 1.90 bits per heavy atom. The molecular weight excluding hydrogens is 412 g/mol. The molecule has 7 nitrogen and oxygen atoms in total. The van der Waals surface area contributed by atoms with Gasteiger partial charge >= 0.3 is 5.69 Å². The van der Waals surface area contributed by atoms with E-state index in [1.54, 1.807) is 30.3 Å². The molecule has 1 amide bonds. The van der Waals surface area contributed by atoms with Crippen molar-refractivity contribution < 1.29 is 4.79 Å². The molecule has 146 valence electrons. The van der Waals surface area contributed by atoms with Gasteiger partial charge in [0.25, 0.3) is 5.56 Å². The number of amides is 1. The van der Waals surface area contributed by atoms with Gasteiger partial charge < -0.3 is 5.32 Å². The van der Waals surface area contributed by atoms with Crippen LogP contribution in [-0.2, 0) is 11.3 Å². The summed E-state index contributed by atoms with van der Waals surface area (Å²) in [7, 11) is 0. The molecule has 0 saturated heterocycles. The zero-order valence-electron chi connectivity index (χ0n) is 15.0. The lowest BCUT2D eigenvalue weighted by atomic mass is 10.2. The molecule has 2 N–H and O–H groups in total. The van der Waals surface area contributed by atoms with E-state index in [1.165, 1.54) is 15.9 Å². The number of thiazole rings is 1. The van der Waals surface area contributed by atoms with Gasteiger partial charge in [-0.05, 0) is 18.2 Å². The van der Waals surface area contributed by atoms with Crippen molar-refractivity contribution in [3.63, 3.8) is 0 Å². The monoisotopic (exact) mass is 426 g/mol. The van der Waals surface area contributed by atoms with Crippen LogP contribution in [0.15, 0.2) is 63.5 Å². The first-order valence-corrected chi connectivity index (χ1v) is 10.0. The van der Waals surface area contributed by atoms with Gasteiger partial charge in [0, 0.05) is 28.9 Å². The van der Waals surface area contributed by atoms with Crippen LogP contribution in [-0.4, -0.2) is 20.4 Å². The normalized spacial score (nSPS) is 10.9. The van der Waals surface area contributed by atoms with Crippen LogP contribution in [0.2, 0.25) is 5.02 Å². The number of carbonyl (C=O) groups is 1. The van der Waals surface area contributed by atoms with E-state index in [2.05, 4.69) is 15.3 Å². The Balaban J connectivity index is 1.48. The Morgan fingerprint density at radius 3 is 2.72 bits per heavy atom. The Morgan fingerprint density at radius 1 is 1.14 bits per heavy atom. The van der Waals surface area contributed by atoms with Gasteiger partial charge in [0.2, 0.25) is 5.91 Å². The van der Waals surface area contributed by atoms with Gasteiger partial charge in [0.1, 0.15) is 0 Å². The third-order valence-electron chi connectivity index (χ3n) is 4.37. The number of nitrogens with one attached hydrogen (secondary N) is 2. The smallest absolute Gasteiger partial charge is 0.302 e. The fourth-order valence-electron chi connectivity index (χ4n) is 2.98. The predicted molar refractivity (Wildman–Crippen MR) is 115 cm³/mol. The van der Waals surface area contributed by atoms with Gasteiger partial charge in [-0.15, -0.1) is 11.3 Å². The third kappa shape index (κ3) is 3.98. The first kappa shape index (κ1) is 19.1. The SMILES string of the molecule is O=C(CCn1c(=O)[nH]c(=O)c2ccccc21)Nc1nc(-c2ccccc2Cl)cs1. The maximum Gasteiger partial charge on any atom is 0.328 e. The fourth-order valence-corrected chi connectivity index (χ4v) is 3.94. The molecule has 0 aliphatic heterocycles. The average molecular weight is 427 g/mol. The second-order valence-electron chi connectivity index (χ2n) is 6.24. The van der Waals surface area contributed by atoms with E-state index in [0.717, 1.165) is 5.56 Å². The first-order chi connectivity index (χ1) is 14.0. The molecule has 0 spiro atoms. The molecule has 0 fully saturated rings. The summed E-state index contributed by atoms with van der Waals surface area (Å²) in [6, 6.07) is 14.1. The molecule has 9 heteroatoms. The second kappa shape index (κ2) is 8.02. The molecule has 4 rings (SSSR count). The lowest BCUT2D eigenvalue weighted by Gasteiger charge is -2.09. The number of carbonyl (C=O) groups excluding carboxylic acids is 1. The van der Waals surface area contributed by atoms with E-state index in [0.29, 0.717) is 26.8 Å². The summed E-state index contributed by atoms with van der Waals surface area (Å²) < 4.78 is 1.38. The van der Waals surface area contributed by atoms with Gasteiger partial charge in [-0.1, -0.05) is 41.9 Å². The topological polar surface area (TPSA) is 96.9 Å². The molecule has 29 heavy (non-hydrogen) atoms. The molecule has 0 unspecified atom stereocenters. The number of anilines is 1. The molecule has 4 aromatic rings. The third-order valence-corrected chi connectivity index (χ3v) is 5.46. The highest BCUT2D eigenvalue weighted by Crippen LogP contribution is 2.30. The van der Waals surface area contributed by atoms with Crippen molar-refractivity contribution in [3.8, 4) is 11.3 Å². The van der Waals surface area contributed by atoms with Crippen molar-refractivity contribution in [2.24, 2.45) is 0 Å². The number of fused-ring (bicyclic) bond motifs is 1. The van der Waals surface area contributed by atoms with Gasteiger partial charge in [-0.3, -0.25) is 19.1 Å². The predicted octanol–water partition coefficient (Wildman–Crippen LogP) is 3.50. The van der Waals surface area contributed by atoms with E-state index in [4.69, 9.17) is 11.6 Å². The summed E-state index contributed by atoms with van der Waals surface area (Å²) in [6.07, 6.45) is 0.0525. The molecule has 2 heterocycles. The highest BCUT2D eigenvalue weighted by atomic mass is 35.5. The van der Waals surface area contributed by atoms with Crippen LogP contribution >= 0.6 is 22.9 Å². The standard InChI is InChI=1S/C20H15ClN4O3S/c21-14-7-3-1-5-12(14)15-11-29-19(22-15)23-17(26)9-10-25-16-8-4-2-6-13(16)18(27)24-20(25)28/h1-8,11H,9-10H2,(H,22,23,26)(H,24,27,28). The number of benzene rings is 2. The molecule has 0 saturated carbocycles. The number of nitrogens with zero attached hydrogens (tertiary/aromatic N) is 2. The summed E-state index contributed by atoms with van der Waals surface area (Å²) >= 11 is 7.48. The van der Waals surface area contributed by atoms with Crippen molar-refractivity contribution in [2.75, 3.05) is 5.32 Å². The number of aromatic nitrogens is 3. The largest absolute Gasteiger partial charge is 0.328 e. The maximum atomic E-state index is 12.4. The minimum Gasteiger partial charge on any atom is -0.302 e. The summed E-state index contributed by atoms with van der Waals surface area (Å²) in [6.45, 7) is 0.130. The molecule has 0 aliphatic carbocycles. The number of aryl methyl sites for hydroxylation is 1. The Bertz CT molecular complexity index is 1330. The number of rotatable bonds is 5. The van der Waals surface area contributed by atoms with Crippen LogP contribution in [0.1, 0.15) is 6.42 Å². The summed E-state index contributed by atoms with van der Waals surface area (Å²) in [5.74, 6) is -0.285. The summed E-state index contributed by atoms with van der Waals surface area (Å²) in [4.78, 5) is 43.1. The van der Waals surface area contributed by atoms with E-state index in [-0.39, 0.29) is 18.9 Å². The number of halogens is 1. The maximum absolute atomic E-state index is 12.4. The fraction of sp³-hybridized carbons (Fsp3) is 0.100. The Kier molecular flexibility index (Phi) is 5.28. The van der Waals surface area contributed by atoms with E-state index in [1.807, 2.05) is 23.6 Å². The zero-order valence-corrected chi connectivity index (χ0v) is 16.6. The number of para-hydroxylation sites is 1. The minimum atomic E-state index is -0.545. The second-order valence-corrected chi connectivity index (χ2v) is 7.51. The van der Waals surface area contributed by atoms with Gasteiger partial charge in [-0.2, -0.15) is 0 Å². The first-order valence-electron chi connectivity index (χ1n) is 8.75. The molecule has 0 atom stereocenters. The summed E-state index contributed by atoms with van der Waals surface area (Å²) in [5.41, 5.74) is 0.971. The van der Waals surface area contributed by atoms with Crippen LogP contribution < -0.4 is 16.6 Å². The lowest BCUT2D eigenvalue weighted by Crippen LogP contribution is -2.31. The number of hydrogen-bond acceptors (Lipinski definition) is 5. The molecule has 2 aromatic heterocycles. The minimum absolute atomic E-state index is 0.0525. The molecule has 0 radical (unpaired) electrons. The van der Waals surface area contributed by atoms with E-state index in [9.17, 15) is 14.4 Å². The highest BCUT2D eigenvalue weighted by Gasteiger charge is 2.12. The Hall–Kier alpha value is -3.23. The van der Waals surface area contributed by atoms with Crippen LogP contribution in [0.5, 0.6) is 0 Å². The molecule has 0 aliphatic rings. The van der Waals surface area contributed by atoms with Gasteiger partial charge in [-0.25, -0.2) is 9.78 Å². The van der Waals surface area contributed by atoms with Crippen molar-refractivity contribution in [1.29, 1.82) is 0 Å². The zero-order chi connectivity index (χ0) is 20.4. The van der Waals surface area contributed by atoms with E-state index >= 15 is 0 Å². The van der Waals surface area contributed by atoms with Crippen molar-refractivity contribution >= 4 is 44.9 Å². The molecule has 2 aromatic carbocycles.